The summed E-state index contributed by atoms with van der Waals surface area (Å²) in [5.74, 6) is -0.377. The van der Waals surface area contributed by atoms with Gasteiger partial charge >= 0.3 is 5.97 Å². The molecule has 0 aromatic carbocycles. The standard InChI is InChI=1S/C14H15N3O2S/c1-8-11(13(18)19)7-15-14(16-8)17-5-3-12-10(9(17)2)4-6-20-12/h4,6-7,9H,3,5H2,1-2H3,(H,18,19). The van der Waals surface area contributed by atoms with Gasteiger partial charge in [0, 0.05) is 17.6 Å². The van der Waals surface area contributed by atoms with E-state index < -0.39 is 5.97 Å². The first-order valence-electron chi connectivity index (χ1n) is 6.47. The van der Waals surface area contributed by atoms with E-state index in [0.717, 1.165) is 13.0 Å². The zero-order chi connectivity index (χ0) is 14.3. The fourth-order valence-electron chi connectivity index (χ4n) is 2.59. The van der Waals surface area contributed by atoms with Gasteiger partial charge in [-0.1, -0.05) is 0 Å². The number of nitrogens with zero attached hydrogens (tertiary/aromatic N) is 3. The molecule has 3 rings (SSSR count). The van der Waals surface area contributed by atoms with Crippen molar-refractivity contribution in [3.8, 4) is 0 Å². The lowest BCUT2D eigenvalue weighted by atomic mass is 10.0. The normalized spacial score (nSPS) is 17.9. The smallest absolute Gasteiger partial charge is 0.339 e. The number of carboxylic acids is 1. The van der Waals surface area contributed by atoms with Crippen LogP contribution in [0.4, 0.5) is 5.95 Å². The highest BCUT2D eigenvalue weighted by molar-refractivity contribution is 7.10. The molecule has 20 heavy (non-hydrogen) atoms. The maximum Gasteiger partial charge on any atom is 0.339 e. The van der Waals surface area contributed by atoms with E-state index in [4.69, 9.17) is 5.11 Å². The summed E-state index contributed by atoms with van der Waals surface area (Å²) in [7, 11) is 0. The first kappa shape index (κ1) is 13.1. The molecule has 6 heteroatoms. The predicted molar refractivity (Wildman–Crippen MR) is 77.5 cm³/mol. The zero-order valence-corrected chi connectivity index (χ0v) is 12.1. The van der Waals surface area contributed by atoms with Gasteiger partial charge in [0.25, 0.3) is 0 Å². The average Bonchev–Trinajstić information content (AvgIpc) is 2.87. The van der Waals surface area contributed by atoms with Crippen molar-refractivity contribution < 1.29 is 9.90 Å². The molecule has 0 fully saturated rings. The number of carbonyl (C=O) groups is 1. The van der Waals surface area contributed by atoms with Gasteiger partial charge < -0.3 is 10.0 Å². The summed E-state index contributed by atoms with van der Waals surface area (Å²) >= 11 is 1.79. The van der Waals surface area contributed by atoms with Crippen LogP contribution < -0.4 is 4.90 Å². The molecule has 1 unspecified atom stereocenters. The minimum Gasteiger partial charge on any atom is -0.478 e. The highest BCUT2D eigenvalue weighted by Gasteiger charge is 2.27. The number of anilines is 1. The molecule has 2 aromatic rings. The van der Waals surface area contributed by atoms with Crippen LogP contribution in [0.3, 0.4) is 0 Å². The van der Waals surface area contributed by atoms with Gasteiger partial charge in [-0.2, -0.15) is 0 Å². The highest BCUT2D eigenvalue weighted by atomic mass is 32.1. The Morgan fingerprint density at radius 1 is 1.55 bits per heavy atom. The Morgan fingerprint density at radius 2 is 2.35 bits per heavy atom. The number of hydrogen-bond donors (Lipinski definition) is 1. The van der Waals surface area contributed by atoms with Crippen LogP contribution in [0, 0.1) is 6.92 Å². The van der Waals surface area contributed by atoms with E-state index >= 15 is 0 Å². The van der Waals surface area contributed by atoms with Crippen molar-refractivity contribution in [1.29, 1.82) is 0 Å². The van der Waals surface area contributed by atoms with Gasteiger partial charge in [-0.25, -0.2) is 14.8 Å². The van der Waals surface area contributed by atoms with Crippen molar-refractivity contribution in [1.82, 2.24) is 9.97 Å². The van der Waals surface area contributed by atoms with E-state index in [1.807, 2.05) is 0 Å². The molecule has 5 nitrogen and oxygen atoms in total. The summed E-state index contributed by atoms with van der Waals surface area (Å²) in [6.07, 6.45) is 2.39. The highest BCUT2D eigenvalue weighted by Crippen LogP contribution is 2.34. The summed E-state index contributed by atoms with van der Waals surface area (Å²) in [6.45, 7) is 4.70. The maximum absolute atomic E-state index is 11.0. The van der Waals surface area contributed by atoms with Gasteiger partial charge in [-0.05, 0) is 37.3 Å². The molecule has 2 aromatic heterocycles. The van der Waals surface area contributed by atoms with Crippen molar-refractivity contribution in [3.63, 3.8) is 0 Å². The molecule has 1 aliphatic rings. The molecule has 3 heterocycles. The van der Waals surface area contributed by atoms with E-state index in [9.17, 15) is 4.79 Å². The van der Waals surface area contributed by atoms with Gasteiger partial charge in [0.15, 0.2) is 0 Å². The SMILES string of the molecule is Cc1nc(N2CCc3sccc3C2C)ncc1C(=O)O. The molecule has 0 spiro atoms. The minimum atomic E-state index is -0.985. The fraction of sp³-hybridized carbons (Fsp3) is 0.357. The Hall–Kier alpha value is -1.95. The van der Waals surface area contributed by atoms with Crippen molar-refractivity contribution in [2.75, 3.05) is 11.4 Å². The summed E-state index contributed by atoms with van der Waals surface area (Å²) < 4.78 is 0. The predicted octanol–water partition coefficient (Wildman–Crippen LogP) is 2.67. The molecule has 0 saturated heterocycles. The van der Waals surface area contributed by atoms with Crippen LogP contribution >= 0.6 is 11.3 Å². The molecule has 1 atom stereocenters. The van der Waals surface area contributed by atoms with Crippen LogP contribution in [0.25, 0.3) is 0 Å². The number of aromatic nitrogens is 2. The number of aromatic carboxylic acids is 1. The van der Waals surface area contributed by atoms with Gasteiger partial charge in [-0.3, -0.25) is 0 Å². The average molecular weight is 289 g/mol. The van der Waals surface area contributed by atoms with Gasteiger partial charge in [0.1, 0.15) is 0 Å². The number of fused-ring (bicyclic) bond motifs is 1. The van der Waals surface area contributed by atoms with E-state index in [1.54, 1.807) is 18.3 Å². The van der Waals surface area contributed by atoms with Crippen molar-refractivity contribution in [2.45, 2.75) is 26.3 Å². The monoisotopic (exact) mass is 289 g/mol. The lowest BCUT2D eigenvalue weighted by molar-refractivity contribution is 0.0695. The van der Waals surface area contributed by atoms with Crippen molar-refractivity contribution >= 4 is 23.3 Å². The second-order valence-electron chi connectivity index (χ2n) is 4.89. The van der Waals surface area contributed by atoms with Crippen LogP contribution in [0.15, 0.2) is 17.6 Å². The molecular formula is C14H15N3O2S. The zero-order valence-electron chi connectivity index (χ0n) is 11.3. The lowest BCUT2D eigenvalue weighted by Crippen LogP contribution is -2.34. The van der Waals surface area contributed by atoms with E-state index in [1.165, 1.54) is 16.6 Å². The number of rotatable bonds is 2. The molecular weight excluding hydrogens is 274 g/mol. The molecule has 1 aliphatic heterocycles. The minimum absolute atomic E-state index is 0.162. The van der Waals surface area contributed by atoms with Crippen LogP contribution in [-0.4, -0.2) is 27.6 Å². The van der Waals surface area contributed by atoms with Crippen LogP contribution in [0.2, 0.25) is 0 Å². The first-order valence-corrected chi connectivity index (χ1v) is 7.35. The number of carboxylic acid groups (broad SMARTS) is 1. The molecule has 0 aliphatic carbocycles. The molecule has 1 N–H and O–H groups in total. The Morgan fingerprint density at radius 3 is 3.05 bits per heavy atom. The van der Waals surface area contributed by atoms with Crippen LogP contribution in [-0.2, 0) is 6.42 Å². The Kier molecular flexibility index (Phi) is 3.17. The molecule has 0 bridgehead atoms. The van der Waals surface area contributed by atoms with E-state index in [2.05, 4.69) is 33.2 Å². The largest absolute Gasteiger partial charge is 0.478 e. The van der Waals surface area contributed by atoms with E-state index in [-0.39, 0.29) is 11.6 Å². The molecule has 0 radical (unpaired) electrons. The Balaban J connectivity index is 1.95. The van der Waals surface area contributed by atoms with Crippen molar-refractivity contribution in [3.05, 3.63) is 39.3 Å². The summed E-state index contributed by atoms with van der Waals surface area (Å²) in [4.78, 5) is 23.2. The summed E-state index contributed by atoms with van der Waals surface area (Å²) in [5.41, 5.74) is 1.99. The lowest BCUT2D eigenvalue weighted by Gasteiger charge is -2.33. The van der Waals surface area contributed by atoms with Crippen LogP contribution in [0.1, 0.15) is 39.5 Å². The van der Waals surface area contributed by atoms with Crippen LogP contribution in [0.5, 0.6) is 0 Å². The van der Waals surface area contributed by atoms with Gasteiger partial charge in [-0.15, -0.1) is 11.3 Å². The molecule has 0 amide bonds. The third kappa shape index (κ3) is 2.06. The molecule has 104 valence electrons. The fourth-order valence-corrected chi connectivity index (χ4v) is 3.55. The van der Waals surface area contributed by atoms with Crippen molar-refractivity contribution in [2.24, 2.45) is 0 Å². The topological polar surface area (TPSA) is 66.3 Å². The number of aryl methyl sites for hydroxylation is 1. The molecule has 0 saturated carbocycles. The summed E-state index contributed by atoms with van der Waals surface area (Å²) in [6, 6.07) is 2.37. The Labute approximate surface area is 120 Å². The summed E-state index contributed by atoms with van der Waals surface area (Å²) in [5, 5.41) is 11.1. The second kappa shape index (κ2) is 4.86. The van der Waals surface area contributed by atoms with E-state index in [0.29, 0.717) is 11.6 Å². The Bertz CT molecular complexity index is 668. The first-order chi connectivity index (χ1) is 9.58. The number of thiophene rings is 1. The second-order valence-corrected chi connectivity index (χ2v) is 5.89. The third-order valence-electron chi connectivity index (χ3n) is 3.73. The maximum atomic E-state index is 11.0. The third-order valence-corrected chi connectivity index (χ3v) is 4.73. The number of hydrogen-bond acceptors (Lipinski definition) is 5. The van der Waals surface area contributed by atoms with Gasteiger partial charge in [0.05, 0.1) is 17.3 Å². The van der Waals surface area contributed by atoms with Gasteiger partial charge in [0.2, 0.25) is 5.95 Å². The quantitative estimate of drug-likeness (QED) is 0.920.